The zero-order valence-corrected chi connectivity index (χ0v) is 18.0. The van der Waals surface area contributed by atoms with Crippen LogP contribution in [-0.4, -0.2) is 79.9 Å². The van der Waals surface area contributed by atoms with Crippen LogP contribution in [0.25, 0.3) is 16.3 Å². The topological polar surface area (TPSA) is 105 Å². The van der Waals surface area contributed by atoms with Crippen LogP contribution in [0.1, 0.15) is 11.4 Å². The van der Waals surface area contributed by atoms with Crippen molar-refractivity contribution in [1.29, 1.82) is 0 Å². The van der Waals surface area contributed by atoms with Gasteiger partial charge in [-0.25, -0.2) is 21.8 Å². The molecular weight excluding hydrogens is 434 g/mol. The van der Waals surface area contributed by atoms with Gasteiger partial charge in [0.1, 0.15) is 5.01 Å². The minimum absolute atomic E-state index is 0.0775. The number of rotatable bonds is 4. The number of sulfonamides is 1. The number of benzene rings is 1. The number of piperazine rings is 1. The second-order valence-electron chi connectivity index (χ2n) is 7.15. The molecule has 0 saturated carbocycles. The van der Waals surface area contributed by atoms with Crippen molar-refractivity contribution < 1.29 is 21.6 Å². The molecule has 0 bridgehead atoms. The molecule has 2 aliphatic heterocycles. The number of sulfone groups is 1. The summed E-state index contributed by atoms with van der Waals surface area (Å²) in [5, 5.41) is -0.128. The number of amides is 1. The highest BCUT2D eigenvalue weighted by molar-refractivity contribution is 7.95. The number of carbonyl (C=O) groups excluding carboxylic acids is 1. The van der Waals surface area contributed by atoms with Gasteiger partial charge in [-0.2, -0.15) is 4.31 Å². The lowest BCUT2D eigenvalue weighted by Crippen LogP contribution is -2.52. The Labute approximate surface area is 173 Å². The predicted octanol–water partition coefficient (Wildman–Crippen LogP) is 0.971. The first-order chi connectivity index (χ1) is 13.7. The molecule has 2 fully saturated rings. The third kappa shape index (κ3) is 4.37. The van der Waals surface area contributed by atoms with Crippen LogP contribution in [0.4, 0.5) is 0 Å². The Kier molecular flexibility index (Phi) is 5.49. The molecule has 156 valence electrons. The predicted molar refractivity (Wildman–Crippen MR) is 113 cm³/mol. The molecule has 29 heavy (non-hydrogen) atoms. The average Bonchev–Trinajstić information content (AvgIpc) is 3.29. The summed E-state index contributed by atoms with van der Waals surface area (Å²) in [7, 11) is -6.93. The van der Waals surface area contributed by atoms with Gasteiger partial charge in [-0.1, -0.05) is 12.1 Å². The monoisotopic (exact) mass is 455 g/mol. The van der Waals surface area contributed by atoms with Crippen molar-refractivity contribution >= 4 is 53.4 Å². The number of nitrogens with zero attached hydrogens (tertiary/aromatic N) is 3. The van der Waals surface area contributed by atoms with E-state index in [4.69, 9.17) is 0 Å². The third-order valence-corrected chi connectivity index (χ3v) is 10.5. The molecule has 0 N–H and O–H groups in total. The molecule has 1 unspecified atom stereocenters. The van der Waals surface area contributed by atoms with Crippen molar-refractivity contribution in [3.05, 3.63) is 35.3 Å². The summed E-state index contributed by atoms with van der Waals surface area (Å²) in [5.41, 5.74) is 0.886. The number of para-hydroxylation sites is 1. The van der Waals surface area contributed by atoms with Gasteiger partial charge in [-0.15, -0.1) is 11.3 Å². The summed E-state index contributed by atoms with van der Waals surface area (Å²) < 4.78 is 51.0. The van der Waals surface area contributed by atoms with E-state index in [0.717, 1.165) is 15.2 Å². The number of carbonyl (C=O) groups is 1. The highest BCUT2D eigenvalue weighted by Crippen LogP contribution is 2.24. The van der Waals surface area contributed by atoms with E-state index in [9.17, 15) is 21.6 Å². The largest absolute Gasteiger partial charge is 0.337 e. The molecule has 0 spiro atoms. The normalized spacial score (nSPS) is 23.2. The maximum atomic E-state index is 12.7. The molecule has 4 rings (SSSR count). The molecule has 0 aliphatic carbocycles. The summed E-state index contributed by atoms with van der Waals surface area (Å²) in [6.07, 6.45) is 3.29. The van der Waals surface area contributed by atoms with E-state index in [1.165, 1.54) is 21.7 Å². The molecule has 1 aromatic heterocycles. The quantitative estimate of drug-likeness (QED) is 0.636. The number of hydrogen-bond donors (Lipinski definition) is 0. The minimum Gasteiger partial charge on any atom is -0.337 e. The SMILES string of the molecule is O=C(/C=C/c1nc2ccccc2s1)N1CCN(S(=O)(=O)C2CCS(=O)(=O)C2)CC1. The molecule has 3 heterocycles. The van der Waals surface area contributed by atoms with Crippen molar-refractivity contribution in [3.63, 3.8) is 0 Å². The number of fused-ring (bicyclic) bond motifs is 1. The number of thiazole rings is 1. The van der Waals surface area contributed by atoms with Gasteiger partial charge >= 0.3 is 0 Å². The van der Waals surface area contributed by atoms with Gasteiger partial charge in [-0.05, 0) is 24.6 Å². The van der Waals surface area contributed by atoms with Crippen LogP contribution in [-0.2, 0) is 24.7 Å². The maximum Gasteiger partial charge on any atom is 0.246 e. The molecule has 2 aromatic rings. The molecule has 1 atom stereocenters. The molecule has 8 nitrogen and oxygen atoms in total. The smallest absolute Gasteiger partial charge is 0.246 e. The summed E-state index contributed by atoms with van der Waals surface area (Å²) in [4.78, 5) is 18.5. The standard InChI is InChI=1S/C18H21N3O5S3/c22-18(6-5-17-19-15-3-1-2-4-16(15)27-17)20-8-10-21(11-9-20)29(25,26)14-7-12-28(23,24)13-14/h1-6,14H,7-13H2/b6-5+. The van der Waals surface area contributed by atoms with Crippen molar-refractivity contribution in [2.75, 3.05) is 37.7 Å². The van der Waals surface area contributed by atoms with Gasteiger partial charge in [0.05, 0.1) is 27.0 Å². The first-order valence-corrected chi connectivity index (χ1v) is 13.4. The highest BCUT2D eigenvalue weighted by Gasteiger charge is 2.41. The zero-order chi connectivity index (χ0) is 20.6. The number of hydrogen-bond acceptors (Lipinski definition) is 7. The molecule has 2 aliphatic rings. The van der Waals surface area contributed by atoms with Gasteiger partial charge in [0.15, 0.2) is 9.84 Å². The average molecular weight is 456 g/mol. The fourth-order valence-corrected chi connectivity index (χ4v) is 8.96. The fraction of sp³-hybridized carbons (Fsp3) is 0.444. The van der Waals surface area contributed by atoms with Crippen LogP contribution < -0.4 is 0 Å². The summed E-state index contributed by atoms with van der Waals surface area (Å²) in [6.45, 7) is 0.919. The lowest BCUT2D eigenvalue weighted by Gasteiger charge is -2.34. The number of aromatic nitrogens is 1. The minimum atomic E-state index is -3.66. The van der Waals surface area contributed by atoms with Crippen LogP contribution in [0.3, 0.4) is 0 Å². The van der Waals surface area contributed by atoms with Gasteiger partial charge in [-0.3, -0.25) is 4.79 Å². The Balaban J connectivity index is 1.36. The van der Waals surface area contributed by atoms with E-state index in [-0.39, 0.29) is 50.0 Å². The van der Waals surface area contributed by atoms with Crippen molar-refractivity contribution in [2.45, 2.75) is 11.7 Å². The summed E-state index contributed by atoms with van der Waals surface area (Å²) in [6, 6.07) is 7.74. The van der Waals surface area contributed by atoms with E-state index < -0.39 is 25.1 Å². The molecule has 2 saturated heterocycles. The second-order valence-corrected chi connectivity index (χ2v) is 12.7. The van der Waals surface area contributed by atoms with Crippen molar-refractivity contribution in [1.82, 2.24) is 14.2 Å². The van der Waals surface area contributed by atoms with E-state index in [2.05, 4.69) is 4.98 Å². The Morgan fingerprint density at radius 1 is 1.17 bits per heavy atom. The van der Waals surface area contributed by atoms with Gasteiger partial charge in [0.25, 0.3) is 0 Å². The molecular formula is C18H21N3O5S3. The zero-order valence-electron chi connectivity index (χ0n) is 15.6. The highest BCUT2D eigenvalue weighted by atomic mass is 32.2. The fourth-order valence-electron chi connectivity index (χ4n) is 3.58. The Bertz CT molecular complexity index is 1130. The molecule has 0 radical (unpaired) electrons. The lowest BCUT2D eigenvalue weighted by atomic mass is 10.3. The Morgan fingerprint density at radius 3 is 2.55 bits per heavy atom. The van der Waals surface area contributed by atoms with Crippen LogP contribution >= 0.6 is 11.3 Å². The Hall–Kier alpha value is -1.82. The van der Waals surface area contributed by atoms with Crippen LogP contribution in [0.15, 0.2) is 30.3 Å². The van der Waals surface area contributed by atoms with Crippen LogP contribution in [0.2, 0.25) is 0 Å². The molecule has 11 heteroatoms. The molecule has 1 amide bonds. The third-order valence-electron chi connectivity index (χ3n) is 5.20. The van der Waals surface area contributed by atoms with Gasteiger partial charge in [0.2, 0.25) is 15.9 Å². The van der Waals surface area contributed by atoms with Gasteiger partial charge < -0.3 is 4.90 Å². The van der Waals surface area contributed by atoms with Crippen molar-refractivity contribution in [2.24, 2.45) is 0 Å². The van der Waals surface area contributed by atoms with E-state index >= 15 is 0 Å². The van der Waals surface area contributed by atoms with Gasteiger partial charge in [0, 0.05) is 32.3 Å². The summed E-state index contributed by atoms with van der Waals surface area (Å²) >= 11 is 1.50. The first-order valence-electron chi connectivity index (χ1n) is 9.26. The van der Waals surface area contributed by atoms with Crippen LogP contribution in [0.5, 0.6) is 0 Å². The van der Waals surface area contributed by atoms with E-state index in [0.29, 0.717) is 0 Å². The van der Waals surface area contributed by atoms with E-state index in [1.807, 2.05) is 24.3 Å². The van der Waals surface area contributed by atoms with Crippen LogP contribution in [0, 0.1) is 0 Å². The molecule has 1 aromatic carbocycles. The first kappa shape index (κ1) is 20.5. The summed E-state index contributed by atoms with van der Waals surface area (Å²) in [5.74, 6) is -0.574. The second kappa shape index (κ2) is 7.78. The lowest BCUT2D eigenvalue weighted by molar-refractivity contribution is -0.127. The Morgan fingerprint density at radius 2 is 1.90 bits per heavy atom. The van der Waals surface area contributed by atoms with Crippen molar-refractivity contribution in [3.8, 4) is 0 Å². The maximum absolute atomic E-state index is 12.7. The van der Waals surface area contributed by atoms with E-state index in [1.54, 1.807) is 11.0 Å².